The predicted octanol–water partition coefficient (Wildman–Crippen LogP) is 4.52. The van der Waals surface area contributed by atoms with Crippen LogP contribution in [0.25, 0.3) is 0 Å². The number of benzene rings is 2. The van der Waals surface area contributed by atoms with Crippen LogP contribution in [0.3, 0.4) is 0 Å². The standard InChI is InChI=1S/C14H9BrClFO3/c15-11-6-9(17)5-4-8(11)7-20-13-10(14(18)19)2-1-3-12(13)16/h1-6H,7H2,(H,18,19). The molecule has 0 fully saturated rings. The van der Waals surface area contributed by atoms with Crippen LogP contribution in [0.2, 0.25) is 5.02 Å². The Hall–Kier alpha value is -1.59. The van der Waals surface area contributed by atoms with Crippen molar-refractivity contribution < 1.29 is 19.0 Å². The number of hydrogen-bond acceptors (Lipinski definition) is 2. The van der Waals surface area contributed by atoms with Crippen molar-refractivity contribution in [2.24, 2.45) is 0 Å². The second kappa shape index (κ2) is 6.24. The smallest absolute Gasteiger partial charge is 0.339 e. The zero-order valence-corrected chi connectivity index (χ0v) is 12.4. The summed E-state index contributed by atoms with van der Waals surface area (Å²) in [7, 11) is 0. The predicted molar refractivity (Wildman–Crippen MR) is 76.8 cm³/mol. The number of halogens is 3. The van der Waals surface area contributed by atoms with Crippen LogP contribution in [-0.2, 0) is 6.61 Å². The molecule has 2 rings (SSSR count). The van der Waals surface area contributed by atoms with Crippen LogP contribution in [0.5, 0.6) is 5.75 Å². The summed E-state index contributed by atoms with van der Waals surface area (Å²) in [6, 6.07) is 8.65. The lowest BCUT2D eigenvalue weighted by Crippen LogP contribution is -2.04. The molecule has 1 N–H and O–H groups in total. The van der Waals surface area contributed by atoms with Gasteiger partial charge in [-0.1, -0.05) is 39.7 Å². The Bertz CT molecular complexity index is 661. The topological polar surface area (TPSA) is 46.5 Å². The molecular weight excluding hydrogens is 351 g/mol. The summed E-state index contributed by atoms with van der Waals surface area (Å²) in [4.78, 5) is 11.1. The van der Waals surface area contributed by atoms with Gasteiger partial charge in [-0.25, -0.2) is 9.18 Å². The zero-order valence-electron chi connectivity index (χ0n) is 10.1. The van der Waals surface area contributed by atoms with E-state index in [2.05, 4.69) is 15.9 Å². The van der Waals surface area contributed by atoms with Gasteiger partial charge in [-0.15, -0.1) is 0 Å². The molecule has 0 aliphatic rings. The fraction of sp³-hybridized carbons (Fsp3) is 0.0714. The molecule has 0 aliphatic carbocycles. The van der Waals surface area contributed by atoms with Crippen molar-refractivity contribution in [2.45, 2.75) is 6.61 Å². The summed E-state index contributed by atoms with van der Waals surface area (Å²) in [5, 5.41) is 9.29. The SMILES string of the molecule is O=C(O)c1cccc(Cl)c1OCc1ccc(F)cc1Br. The fourth-order valence-electron chi connectivity index (χ4n) is 1.61. The lowest BCUT2D eigenvalue weighted by Gasteiger charge is -2.11. The first-order valence-electron chi connectivity index (χ1n) is 5.57. The molecule has 6 heteroatoms. The van der Waals surface area contributed by atoms with Crippen LogP contribution in [-0.4, -0.2) is 11.1 Å². The molecule has 0 bridgehead atoms. The molecular formula is C14H9BrClFO3. The number of ether oxygens (including phenoxy) is 1. The van der Waals surface area contributed by atoms with E-state index in [1.165, 1.54) is 24.3 Å². The number of carbonyl (C=O) groups is 1. The highest BCUT2D eigenvalue weighted by atomic mass is 79.9. The molecule has 0 atom stereocenters. The number of carboxylic acids is 1. The molecule has 0 saturated carbocycles. The van der Waals surface area contributed by atoms with Crippen molar-refractivity contribution in [2.75, 3.05) is 0 Å². The Morgan fingerprint density at radius 3 is 2.75 bits per heavy atom. The van der Waals surface area contributed by atoms with Crippen molar-refractivity contribution in [3.05, 3.63) is 62.8 Å². The van der Waals surface area contributed by atoms with Gasteiger partial charge in [-0.05, 0) is 24.3 Å². The van der Waals surface area contributed by atoms with E-state index in [1.54, 1.807) is 12.1 Å². The summed E-state index contributed by atoms with van der Waals surface area (Å²) in [6.45, 7) is 0.0743. The Labute approximate surface area is 128 Å². The van der Waals surface area contributed by atoms with Crippen LogP contribution in [0.1, 0.15) is 15.9 Å². The first kappa shape index (κ1) is 14.8. The molecule has 104 valence electrons. The Morgan fingerprint density at radius 1 is 1.35 bits per heavy atom. The molecule has 3 nitrogen and oxygen atoms in total. The van der Waals surface area contributed by atoms with E-state index in [9.17, 15) is 9.18 Å². The Kier molecular flexibility index (Phi) is 4.62. The Balaban J connectivity index is 2.25. The van der Waals surface area contributed by atoms with E-state index in [1.807, 2.05) is 0 Å². The highest BCUT2D eigenvalue weighted by Crippen LogP contribution is 2.30. The monoisotopic (exact) mass is 358 g/mol. The quantitative estimate of drug-likeness (QED) is 0.873. The zero-order chi connectivity index (χ0) is 14.7. The van der Waals surface area contributed by atoms with Gasteiger partial charge in [-0.3, -0.25) is 0 Å². The van der Waals surface area contributed by atoms with E-state index in [4.69, 9.17) is 21.4 Å². The summed E-state index contributed by atoms with van der Waals surface area (Å²) >= 11 is 9.16. The summed E-state index contributed by atoms with van der Waals surface area (Å²) in [6.07, 6.45) is 0. The molecule has 0 unspecified atom stereocenters. The van der Waals surface area contributed by atoms with E-state index in [0.29, 0.717) is 10.0 Å². The molecule has 2 aromatic carbocycles. The van der Waals surface area contributed by atoms with Crippen molar-refractivity contribution in [3.63, 3.8) is 0 Å². The molecule has 0 heterocycles. The lowest BCUT2D eigenvalue weighted by atomic mass is 10.2. The normalized spacial score (nSPS) is 10.3. The van der Waals surface area contributed by atoms with Gasteiger partial charge in [-0.2, -0.15) is 0 Å². The minimum atomic E-state index is -1.12. The minimum absolute atomic E-state index is 0.0178. The molecule has 2 aromatic rings. The third-order valence-corrected chi connectivity index (χ3v) is 3.62. The fourth-order valence-corrected chi connectivity index (χ4v) is 2.31. The summed E-state index contributed by atoms with van der Waals surface area (Å²) < 4.78 is 19.0. The number of hydrogen-bond donors (Lipinski definition) is 1. The summed E-state index contributed by atoms with van der Waals surface area (Å²) in [5.74, 6) is -1.40. The van der Waals surface area contributed by atoms with Crippen molar-refractivity contribution >= 4 is 33.5 Å². The van der Waals surface area contributed by atoms with Gasteiger partial charge in [0.05, 0.1) is 5.02 Å². The maximum atomic E-state index is 13.0. The second-order valence-corrected chi connectivity index (χ2v) is 5.21. The van der Waals surface area contributed by atoms with Crippen molar-refractivity contribution in [3.8, 4) is 5.75 Å². The molecule has 0 aliphatic heterocycles. The maximum absolute atomic E-state index is 13.0. The van der Waals surface area contributed by atoms with Gasteiger partial charge in [0, 0.05) is 10.0 Å². The van der Waals surface area contributed by atoms with Gasteiger partial charge in [0.15, 0.2) is 5.75 Å². The number of carboxylic acid groups (broad SMARTS) is 1. The molecule has 20 heavy (non-hydrogen) atoms. The van der Waals surface area contributed by atoms with Crippen LogP contribution in [0.4, 0.5) is 4.39 Å². The molecule has 0 spiro atoms. The van der Waals surface area contributed by atoms with E-state index in [-0.39, 0.29) is 28.8 Å². The third kappa shape index (κ3) is 3.29. The van der Waals surface area contributed by atoms with Crippen LogP contribution in [0.15, 0.2) is 40.9 Å². The van der Waals surface area contributed by atoms with Gasteiger partial charge in [0.25, 0.3) is 0 Å². The number of aromatic carboxylic acids is 1. The minimum Gasteiger partial charge on any atom is -0.486 e. The molecule has 0 radical (unpaired) electrons. The average Bonchev–Trinajstić information content (AvgIpc) is 2.38. The first-order chi connectivity index (χ1) is 9.49. The van der Waals surface area contributed by atoms with Gasteiger partial charge < -0.3 is 9.84 Å². The highest BCUT2D eigenvalue weighted by molar-refractivity contribution is 9.10. The Morgan fingerprint density at radius 2 is 2.10 bits per heavy atom. The average molecular weight is 360 g/mol. The molecule has 0 aromatic heterocycles. The highest BCUT2D eigenvalue weighted by Gasteiger charge is 2.15. The molecule has 0 saturated heterocycles. The van der Waals surface area contributed by atoms with E-state index in [0.717, 1.165) is 0 Å². The van der Waals surface area contributed by atoms with Crippen molar-refractivity contribution in [1.29, 1.82) is 0 Å². The lowest BCUT2D eigenvalue weighted by molar-refractivity contribution is 0.0691. The van der Waals surface area contributed by atoms with Gasteiger partial charge in [0.1, 0.15) is 18.0 Å². The summed E-state index contributed by atoms with van der Waals surface area (Å²) in [5.41, 5.74) is 0.665. The largest absolute Gasteiger partial charge is 0.486 e. The van der Waals surface area contributed by atoms with Gasteiger partial charge in [0.2, 0.25) is 0 Å². The van der Waals surface area contributed by atoms with Crippen LogP contribution < -0.4 is 4.74 Å². The van der Waals surface area contributed by atoms with E-state index >= 15 is 0 Å². The van der Waals surface area contributed by atoms with Crippen LogP contribution in [0, 0.1) is 5.82 Å². The number of para-hydroxylation sites is 1. The second-order valence-electron chi connectivity index (χ2n) is 3.95. The maximum Gasteiger partial charge on any atom is 0.339 e. The first-order valence-corrected chi connectivity index (χ1v) is 6.74. The third-order valence-electron chi connectivity index (χ3n) is 2.58. The van der Waals surface area contributed by atoms with E-state index < -0.39 is 5.97 Å². The number of rotatable bonds is 4. The van der Waals surface area contributed by atoms with Crippen LogP contribution >= 0.6 is 27.5 Å². The van der Waals surface area contributed by atoms with Crippen molar-refractivity contribution in [1.82, 2.24) is 0 Å². The van der Waals surface area contributed by atoms with Gasteiger partial charge >= 0.3 is 5.97 Å². The molecule has 0 amide bonds.